The third kappa shape index (κ3) is 2.43. The number of amides is 1. The van der Waals surface area contributed by atoms with Gasteiger partial charge < -0.3 is 9.32 Å². The quantitative estimate of drug-likeness (QED) is 0.851. The van der Waals surface area contributed by atoms with E-state index >= 15 is 0 Å². The summed E-state index contributed by atoms with van der Waals surface area (Å²) in [6.07, 6.45) is 2.15. The first-order valence-corrected chi connectivity index (χ1v) is 6.81. The second kappa shape index (κ2) is 5.07. The molecule has 5 nitrogen and oxygen atoms in total. The van der Waals surface area contributed by atoms with Crippen molar-refractivity contribution in [1.29, 1.82) is 0 Å². The average molecular weight is 272 g/mol. The number of aromatic nitrogens is 1. The van der Waals surface area contributed by atoms with Gasteiger partial charge in [-0.15, -0.1) is 0 Å². The maximum absolute atomic E-state index is 11.6. The normalized spacial score (nSPS) is 15.2. The number of likely N-dealkylation sites (tertiary alicyclic amines) is 1. The summed E-state index contributed by atoms with van der Waals surface area (Å²) in [4.78, 5) is 29.2. The highest BCUT2D eigenvalue weighted by molar-refractivity contribution is 5.78. The van der Waals surface area contributed by atoms with Crippen molar-refractivity contribution in [3.63, 3.8) is 0 Å². The summed E-state index contributed by atoms with van der Waals surface area (Å²) in [5.74, 6) is 1.33. The molecule has 0 aromatic carbocycles. The van der Waals surface area contributed by atoms with Crippen LogP contribution in [0.3, 0.4) is 0 Å². The van der Waals surface area contributed by atoms with Crippen LogP contribution in [0.4, 0.5) is 0 Å². The first-order chi connectivity index (χ1) is 9.63. The molecule has 104 valence electrons. The topological polar surface area (TPSA) is 63.4 Å². The van der Waals surface area contributed by atoms with Gasteiger partial charge in [-0.1, -0.05) is 0 Å². The zero-order valence-corrected chi connectivity index (χ0v) is 11.4. The Morgan fingerprint density at radius 3 is 2.95 bits per heavy atom. The van der Waals surface area contributed by atoms with Gasteiger partial charge in [-0.25, -0.2) is 4.98 Å². The fourth-order valence-electron chi connectivity index (χ4n) is 2.56. The number of nitrogens with zero attached hydrogens (tertiary/aromatic N) is 2. The largest absolute Gasteiger partial charge is 0.442 e. The van der Waals surface area contributed by atoms with Crippen LogP contribution in [-0.4, -0.2) is 28.9 Å². The van der Waals surface area contributed by atoms with Gasteiger partial charge in [-0.2, -0.15) is 0 Å². The fourth-order valence-corrected chi connectivity index (χ4v) is 2.56. The van der Waals surface area contributed by atoms with Crippen molar-refractivity contribution in [3.05, 3.63) is 40.0 Å². The van der Waals surface area contributed by atoms with Gasteiger partial charge in [0.25, 0.3) is 0 Å². The van der Waals surface area contributed by atoms with Crippen molar-refractivity contribution in [2.45, 2.75) is 26.2 Å². The lowest BCUT2D eigenvalue weighted by Gasteiger charge is -2.15. The smallest absolute Gasteiger partial charge is 0.222 e. The molecule has 0 bridgehead atoms. The van der Waals surface area contributed by atoms with E-state index in [1.165, 1.54) is 12.1 Å². The van der Waals surface area contributed by atoms with E-state index in [1.807, 2.05) is 11.8 Å². The number of fused-ring (bicyclic) bond motifs is 1. The fraction of sp³-hybridized carbons (Fsp3) is 0.400. The Bertz CT molecular complexity index is 677. The minimum atomic E-state index is -0.0764. The van der Waals surface area contributed by atoms with Crippen molar-refractivity contribution in [3.8, 4) is 11.3 Å². The molecule has 0 saturated carbocycles. The Kier molecular flexibility index (Phi) is 3.26. The van der Waals surface area contributed by atoms with E-state index in [1.54, 1.807) is 6.07 Å². The van der Waals surface area contributed by atoms with Crippen LogP contribution in [0.15, 0.2) is 27.4 Å². The van der Waals surface area contributed by atoms with Gasteiger partial charge in [0, 0.05) is 37.6 Å². The standard InChI is InChI=1S/C15H16N2O3/c1-10-12-5-4-11(18)9-13(12)20-14(16-10)6-8-17-7-2-3-15(17)19/h4-5,9H,2-3,6-8H2,1H3. The molecule has 1 amide bonds. The third-order valence-electron chi connectivity index (χ3n) is 3.63. The van der Waals surface area contributed by atoms with E-state index < -0.39 is 0 Å². The molecular weight excluding hydrogens is 256 g/mol. The first kappa shape index (κ1) is 12.8. The van der Waals surface area contributed by atoms with Crippen molar-refractivity contribution in [2.75, 3.05) is 13.1 Å². The van der Waals surface area contributed by atoms with E-state index in [2.05, 4.69) is 4.98 Å². The summed E-state index contributed by atoms with van der Waals surface area (Å²) >= 11 is 0. The number of carbonyl (C=O) groups excluding carboxylic acids is 1. The SMILES string of the molecule is Cc1nc(CCN2CCCC2=O)oc2cc(=O)ccc1-2. The second-order valence-electron chi connectivity index (χ2n) is 5.09. The predicted octanol–water partition coefficient (Wildman–Crippen LogP) is 1.61. The summed E-state index contributed by atoms with van der Waals surface area (Å²) in [6.45, 7) is 3.33. The number of benzene rings is 1. The summed E-state index contributed by atoms with van der Waals surface area (Å²) in [6, 6.07) is 4.72. The molecule has 0 atom stereocenters. The summed E-state index contributed by atoms with van der Waals surface area (Å²) in [5.41, 5.74) is 1.62. The molecule has 2 aliphatic heterocycles. The Labute approximate surface area is 116 Å². The highest BCUT2D eigenvalue weighted by Crippen LogP contribution is 2.23. The Morgan fingerprint density at radius 2 is 2.20 bits per heavy atom. The maximum atomic E-state index is 11.6. The number of rotatable bonds is 3. The zero-order chi connectivity index (χ0) is 14.1. The van der Waals surface area contributed by atoms with Gasteiger partial charge in [-0.3, -0.25) is 9.59 Å². The molecule has 0 spiro atoms. The van der Waals surface area contributed by atoms with Gasteiger partial charge in [0.15, 0.2) is 11.3 Å². The molecule has 3 rings (SSSR count). The Hall–Kier alpha value is -2.17. The number of carbonyl (C=O) groups is 1. The van der Waals surface area contributed by atoms with Gasteiger partial charge in [0.05, 0.1) is 5.69 Å². The van der Waals surface area contributed by atoms with Crippen LogP contribution in [0, 0.1) is 6.92 Å². The predicted molar refractivity (Wildman–Crippen MR) is 73.7 cm³/mol. The molecular formula is C15H16N2O3. The molecule has 1 aliphatic carbocycles. The van der Waals surface area contributed by atoms with E-state index in [0.717, 1.165) is 24.2 Å². The van der Waals surface area contributed by atoms with Gasteiger partial charge in [-0.05, 0) is 25.5 Å². The van der Waals surface area contributed by atoms with Crippen LogP contribution in [-0.2, 0) is 11.2 Å². The van der Waals surface area contributed by atoms with Gasteiger partial charge in [0.1, 0.15) is 5.76 Å². The van der Waals surface area contributed by atoms with E-state index in [0.29, 0.717) is 31.0 Å². The van der Waals surface area contributed by atoms with Crippen molar-refractivity contribution in [1.82, 2.24) is 9.88 Å². The highest BCUT2D eigenvalue weighted by atomic mass is 16.3. The van der Waals surface area contributed by atoms with E-state index in [9.17, 15) is 9.59 Å². The molecule has 5 heteroatoms. The number of hydrogen-bond donors (Lipinski definition) is 0. The van der Waals surface area contributed by atoms with Crippen LogP contribution in [0.5, 0.6) is 0 Å². The maximum Gasteiger partial charge on any atom is 0.222 e. The molecule has 3 aliphatic rings. The lowest BCUT2D eigenvalue weighted by molar-refractivity contribution is -0.127. The highest BCUT2D eigenvalue weighted by Gasteiger charge is 2.20. The molecule has 2 heterocycles. The number of hydrogen-bond acceptors (Lipinski definition) is 4. The monoisotopic (exact) mass is 272 g/mol. The van der Waals surface area contributed by atoms with Crippen LogP contribution >= 0.6 is 0 Å². The minimum Gasteiger partial charge on any atom is -0.442 e. The average Bonchev–Trinajstić information content (AvgIpc) is 2.81. The lowest BCUT2D eigenvalue weighted by Crippen LogP contribution is -2.27. The molecule has 20 heavy (non-hydrogen) atoms. The van der Waals surface area contributed by atoms with Gasteiger partial charge in [0.2, 0.25) is 5.91 Å². The van der Waals surface area contributed by atoms with Crippen molar-refractivity contribution in [2.24, 2.45) is 0 Å². The molecule has 0 aromatic heterocycles. The van der Waals surface area contributed by atoms with Crippen molar-refractivity contribution < 1.29 is 9.21 Å². The molecule has 0 radical (unpaired) electrons. The summed E-state index contributed by atoms with van der Waals surface area (Å²) in [5, 5.41) is 0. The minimum absolute atomic E-state index is 0.0764. The Morgan fingerprint density at radius 1 is 1.35 bits per heavy atom. The van der Waals surface area contributed by atoms with Crippen LogP contribution in [0.25, 0.3) is 11.3 Å². The first-order valence-electron chi connectivity index (χ1n) is 6.81. The van der Waals surface area contributed by atoms with E-state index in [4.69, 9.17) is 4.42 Å². The van der Waals surface area contributed by atoms with Crippen LogP contribution in [0.2, 0.25) is 0 Å². The lowest BCUT2D eigenvalue weighted by atomic mass is 10.1. The van der Waals surface area contributed by atoms with Crippen LogP contribution < -0.4 is 5.43 Å². The molecule has 1 saturated heterocycles. The Balaban J connectivity index is 1.83. The molecule has 0 unspecified atom stereocenters. The molecule has 1 fully saturated rings. The van der Waals surface area contributed by atoms with Crippen LogP contribution in [0.1, 0.15) is 24.4 Å². The number of aryl methyl sites for hydroxylation is 1. The zero-order valence-electron chi connectivity index (χ0n) is 11.4. The van der Waals surface area contributed by atoms with E-state index in [-0.39, 0.29) is 11.3 Å². The molecule has 0 N–H and O–H groups in total. The molecule has 0 aromatic rings. The van der Waals surface area contributed by atoms with Gasteiger partial charge >= 0.3 is 0 Å². The second-order valence-corrected chi connectivity index (χ2v) is 5.09. The third-order valence-corrected chi connectivity index (χ3v) is 3.63. The van der Waals surface area contributed by atoms with Crippen molar-refractivity contribution >= 4 is 5.91 Å². The summed E-state index contributed by atoms with van der Waals surface area (Å²) < 4.78 is 5.67. The summed E-state index contributed by atoms with van der Waals surface area (Å²) in [7, 11) is 0.